The predicted octanol–water partition coefficient (Wildman–Crippen LogP) is 4.54. The number of carbonyl (C=O) groups is 1. The first kappa shape index (κ1) is 16.1. The third kappa shape index (κ3) is 3.29. The fraction of sp³-hybridized carbons (Fsp3) is 0.706. The van der Waals surface area contributed by atoms with Crippen LogP contribution in [0, 0.1) is 23.7 Å². The SMILES string of the molecule is CC[C@H](C)C(=O)O[C@H]1C[C@@H](I)C=C2C=C[C@@H](C)[C@H](C)C21. The van der Waals surface area contributed by atoms with Crippen molar-refractivity contribution in [2.24, 2.45) is 23.7 Å². The predicted molar refractivity (Wildman–Crippen MR) is 90.8 cm³/mol. The van der Waals surface area contributed by atoms with E-state index in [1.54, 1.807) is 0 Å². The van der Waals surface area contributed by atoms with Gasteiger partial charge in [-0.05, 0) is 23.8 Å². The van der Waals surface area contributed by atoms with Crippen LogP contribution in [0.4, 0.5) is 0 Å². The summed E-state index contributed by atoms with van der Waals surface area (Å²) in [6.45, 7) is 8.52. The molecule has 2 nitrogen and oxygen atoms in total. The van der Waals surface area contributed by atoms with Crippen molar-refractivity contribution in [1.82, 2.24) is 0 Å². The molecule has 0 bridgehead atoms. The lowest BCUT2D eigenvalue weighted by Gasteiger charge is -2.41. The van der Waals surface area contributed by atoms with Crippen LogP contribution in [0.15, 0.2) is 23.8 Å². The van der Waals surface area contributed by atoms with E-state index in [1.165, 1.54) is 5.57 Å². The van der Waals surface area contributed by atoms with Gasteiger partial charge in [0.05, 0.1) is 5.92 Å². The zero-order valence-corrected chi connectivity index (χ0v) is 15.0. The average molecular weight is 388 g/mol. The van der Waals surface area contributed by atoms with E-state index in [0.29, 0.717) is 21.7 Å². The molecule has 0 saturated carbocycles. The van der Waals surface area contributed by atoms with Crippen LogP contribution in [0.2, 0.25) is 0 Å². The molecular weight excluding hydrogens is 363 g/mol. The van der Waals surface area contributed by atoms with E-state index in [0.717, 1.165) is 12.8 Å². The standard InChI is InChI=1S/C17H25IO2/c1-5-10(2)17(19)20-15-9-14(18)8-13-7-6-11(3)12(4)16(13)15/h6-8,10-12,14-16H,5,9H2,1-4H3/t10-,11+,12-,14-,15-,16?/m0/s1. The van der Waals surface area contributed by atoms with Crippen LogP contribution >= 0.6 is 22.6 Å². The van der Waals surface area contributed by atoms with E-state index in [9.17, 15) is 4.79 Å². The van der Waals surface area contributed by atoms with Gasteiger partial charge in [-0.2, -0.15) is 0 Å². The van der Waals surface area contributed by atoms with Crippen molar-refractivity contribution in [3.8, 4) is 0 Å². The second kappa shape index (κ2) is 6.63. The van der Waals surface area contributed by atoms with Gasteiger partial charge in [0.15, 0.2) is 0 Å². The summed E-state index contributed by atoms with van der Waals surface area (Å²) in [5.74, 6) is 1.42. The Morgan fingerprint density at radius 1 is 1.50 bits per heavy atom. The minimum atomic E-state index is -0.0308. The van der Waals surface area contributed by atoms with E-state index in [-0.39, 0.29) is 18.0 Å². The summed E-state index contributed by atoms with van der Waals surface area (Å²) in [4.78, 5) is 12.1. The van der Waals surface area contributed by atoms with E-state index < -0.39 is 0 Å². The van der Waals surface area contributed by atoms with Crippen molar-refractivity contribution in [2.75, 3.05) is 0 Å². The smallest absolute Gasteiger partial charge is 0.308 e. The monoisotopic (exact) mass is 388 g/mol. The van der Waals surface area contributed by atoms with Crippen molar-refractivity contribution in [1.29, 1.82) is 0 Å². The van der Waals surface area contributed by atoms with Gasteiger partial charge >= 0.3 is 5.97 Å². The van der Waals surface area contributed by atoms with Gasteiger partial charge in [0.2, 0.25) is 0 Å². The summed E-state index contributed by atoms with van der Waals surface area (Å²) >= 11 is 2.45. The molecule has 0 amide bonds. The maximum Gasteiger partial charge on any atom is 0.308 e. The lowest BCUT2D eigenvalue weighted by Crippen LogP contribution is -2.41. The first-order valence-corrected chi connectivity index (χ1v) is 8.93. The largest absolute Gasteiger partial charge is 0.461 e. The number of ether oxygens (including phenoxy) is 1. The summed E-state index contributed by atoms with van der Waals surface area (Å²) in [6, 6.07) is 0. The molecule has 112 valence electrons. The molecule has 0 fully saturated rings. The minimum absolute atomic E-state index is 0.00359. The molecule has 0 aliphatic heterocycles. The average Bonchev–Trinajstić information content (AvgIpc) is 2.41. The lowest BCUT2D eigenvalue weighted by molar-refractivity contribution is -0.157. The molecule has 3 heteroatoms. The molecule has 6 atom stereocenters. The second-order valence-electron chi connectivity index (χ2n) is 6.31. The Morgan fingerprint density at radius 3 is 2.85 bits per heavy atom. The number of fused-ring (bicyclic) bond motifs is 1. The number of hydrogen-bond donors (Lipinski definition) is 0. The van der Waals surface area contributed by atoms with Gasteiger partial charge in [0, 0.05) is 16.3 Å². The maximum absolute atomic E-state index is 12.1. The highest BCUT2D eigenvalue weighted by atomic mass is 127. The van der Waals surface area contributed by atoms with Crippen LogP contribution in [0.5, 0.6) is 0 Å². The van der Waals surface area contributed by atoms with Crippen LogP contribution in [0.25, 0.3) is 0 Å². The van der Waals surface area contributed by atoms with Crippen LogP contribution in [0.1, 0.15) is 40.5 Å². The second-order valence-corrected chi connectivity index (χ2v) is 7.91. The quantitative estimate of drug-likeness (QED) is 0.403. The van der Waals surface area contributed by atoms with Crippen molar-refractivity contribution < 1.29 is 9.53 Å². The van der Waals surface area contributed by atoms with Gasteiger partial charge in [-0.15, -0.1) is 0 Å². The number of allylic oxidation sites excluding steroid dienone is 3. The highest BCUT2D eigenvalue weighted by Crippen LogP contribution is 2.42. The molecule has 20 heavy (non-hydrogen) atoms. The Hall–Kier alpha value is -0.320. The minimum Gasteiger partial charge on any atom is -0.461 e. The first-order chi connectivity index (χ1) is 9.43. The Labute approximate surface area is 136 Å². The summed E-state index contributed by atoms with van der Waals surface area (Å²) in [5.41, 5.74) is 1.36. The van der Waals surface area contributed by atoms with Crippen molar-refractivity contribution in [3.05, 3.63) is 23.8 Å². The molecule has 0 aromatic rings. The lowest BCUT2D eigenvalue weighted by atomic mass is 9.69. The Morgan fingerprint density at radius 2 is 2.20 bits per heavy atom. The third-order valence-corrected chi connectivity index (χ3v) is 5.75. The fourth-order valence-corrected chi connectivity index (χ4v) is 4.02. The van der Waals surface area contributed by atoms with Gasteiger partial charge in [0.1, 0.15) is 6.10 Å². The Balaban J connectivity index is 2.19. The van der Waals surface area contributed by atoms with Crippen LogP contribution in [-0.2, 0) is 9.53 Å². The normalized spacial score (nSPS) is 37.9. The number of rotatable bonds is 3. The maximum atomic E-state index is 12.1. The summed E-state index contributed by atoms with van der Waals surface area (Å²) in [6.07, 6.45) is 8.71. The van der Waals surface area contributed by atoms with E-state index >= 15 is 0 Å². The molecule has 0 spiro atoms. The number of carbonyl (C=O) groups excluding carboxylic acids is 1. The van der Waals surface area contributed by atoms with E-state index in [2.05, 4.69) is 54.7 Å². The van der Waals surface area contributed by atoms with Crippen LogP contribution < -0.4 is 0 Å². The summed E-state index contributed by atoms with van der Waals surface area (Å²) < 4.78 is 6.34. The number of hydrogen-bond acceptors (Lipinski definition) is 2. The first-order valence-electron chi connectivity index (χ1n) is 7.68. The fourth-order valence-electron chi connectivity index (χ4n) is 3.10. The molecule has 0 aromatic carbocycles. The highest BCUT2D eigenvalue weighted by Gasteiger charge is 2.40. The molecule has 0 radical (unpaired) electrons. The molecule has 0 aromatic heterocycles. The Kier molecular flexibility index (Phi) is 5.32. The molecular formula is C17H25IO2. The highest BCUT2D eigenvalue weighted by molar-refractivity contribution is 14.1. The van der Waals surface area contributed by atoms with Crippen molar-refractivity contribution in [3.63, 3.8) is 0 Å². The van der Waals surface area contributed by atoms with Gasteiger partial charge in [-0.25, -0.2) is 0 Å². The summed E-state index contributed by atoms with van der Waals surface area (Å²) in [7, 11) is 0. The van der Waals surface area contributed by atoms with Crippen molar-refractivity contribution in [2.45, 2.75) is 50.6 Å². The molecule has 0 saturated heterocycles. The molecule has 2 aliphatic rings. The number of alkyl halides is 1. The zero-order valence-electron chi connectivity index (χ0n) is 12.8. The van der Waals surface area contributed by atoms with Gasteiger partial charge in [-0.3, -0.25) is 4.79 Å². The zero-order chi connectivity index (χ0) is 14.9. The molecule has 0 N–H and O–H groups in total. The van der Waals surface area contributed by atoms with Gasteiger partial charge in [0.25, 0.3) is 0 Å². The number of halogens is 1. The van der Waals surface area contributed by atoms with Crippen molar-refractivity contribution >= 4 is 28.6 Å². The molecule has 0 heterocycles. The van der Waals surface area contributed by atoms with E-state index in [1.807, 2.05) is 13.8 Å². The van der Waals surface area contributed by atoms with Crippen LogP contribution in [0.3, 0.4) is 0 Å². The summed E-state index contributed by atoms with van der Waals surface area (Å²) in [5, 5.41) is 0. The molecule has 2 rings (SSSR count). The molecule has 1 unspecified atom stereocenters. The Bertz CT molecular complexity index is 427. The number of esters is 1. The van der Waals surface area contributed by atoms with Gasteiger partial charge < -0.3 is 4.74 Å². The van der Waals surface area contributed by atoms with E-state index in [4.69, 9.17) is 4.74 Å². The third-order valence-electron chi connectivity index (χ3n) is 4.89. The van der Waals surface area contributed by atoms with Crippen LogP contribution in [-0.4, -0.2) is 16.0 Å². The van der Waals surface area contributed by atoms with Gasteiger partial charge in [-0.1, -0.05) is 68.5 Å². The molecule has 2 aliphatic carbocycles. The topological polar surface area (TPSA) is 26.3 Å².